The molecular weight excluding hydrogens is 231 g/mol. The topological polar surface area (TPSA) is 57.9 Å². The van der Waals surface area contributed by atoms with Gasteiger partial charge in [-0.05, 0) is 13.3 Å². The molecule has 0 radical (unpaired) electrons. The Hall–Kier alpha value is -0.770. The molecule has 88 valence electrons. The van der Waals surface area contributed by atoms with Gasteiger partial charge in [0, 0.05) is 0 Å². The van der Waals surface area contributed by atoms with Crippen molar-refractivity contribution in [1.29, 1.82) is 5.26 Å². The Bertz CT molecular complexity index is 342. The molecule has 0 amide bonds. The summed E-state index contributed by atoms with van der Waals surface area (Å²) in [5.74, 6) is -3.58. The number of halogens is 3. The third-order valence-corrected chi connectivity index (χ3v) is 4.50. The van der Waals surface area contributed by atoms with E-state index in [1.54, 1.807) is 6.92 Å². The van der Waals surface area contributed by atoms with Gasteiger partial charge in [-0.3, -0.25) is 0 Å². The average Bonchev–Trinajstić information content (AvgIpc) is 2.10. The fraction of sp³-hybridized carbons (Fsp3) is 0.875. The molecular formula is C8H12F3NO2S. The first-order valence-corrected chi connectivity index (χ1v) is 6.04. The van der Waals surface area contributed by atoms with Crippen LogP contribution in [0.25, 0.3) is 0 Å². The summed E-state index contributed by atoms with van der Waals surface area (Å²) in [5, 5.41) is 7.39. The van der Waals surface area contributed by atoms with Gasteiger partial charge >= 0.3 is 6.18 Å². The number of alkyl halides is 3. The van der Waals surface area contributed by atoms with Crippen molar-refractivity contribution in [2.24, 2.45) is 5.92 Å². The Morgan fingerprint density at radius 3 is 2.13 bits per heavy atom. The number of hydrogen-bond donors (Lipinski definition) is 0. The van der Waals surface area contributed by atoms with Crippen LogP contribution in [-0.4, -0.2) is 25.6 Å². The van der Waals surface area contributed by atoms with E-state index in [9.17, 15) is 21.6 Å². The number of nitrogens with zero attached hydrogens (tertiary/aromatic N) is 1. The highest BCUT2D eigenvalue weighted by Crippen LogP contribution is 2.27. The maximum atomic E-state index is 12.1. The highest BCUT2D eigenvalue weighted by molar-refractivity contribution is 7.92. The van der Waals surface area contributed by atoms with Gasteiger partial charge in [-0.25, -0.2) is 8.42 Å². The van der Waals surface area contributed by atoms with Crippen LogP contribution in [0, 0.1) is 17.2 Å². The summed E-state index contributed by atoms with van der Waals surface area (Å²) in [6.07, 6.45) is -4.55. The van der Waals surface area contributed by atoms with E-state index in [4.69, 9.17) is 5.26 Å². The van der Waals surface area contributed by atoms with E-state index in [0.717, 1.165) is 6.07 Å². The molecule has 0 fully saturated rings. The van der Waals surface area contributed by atoms with Gasteiger partial charge < -0.3 is 0 Å². The molecule has 0 N–H and O–H groups in total. The van der Waals surface area contributed by atoms with Crippen LogP contribution < -0.4 is 0 Å². The van der Waals surface area contributed by atoms with E-state index in [1.807, 2.05) is 0 Å². The molecule has 0 aliphatic heterocycles. The van der Waals surface area contributed by atoms with E-state index >= 15 is 0 Å². The highest BCUT2D eigenvalue weighted by Gasteiger charge is 2.43. The Kier molecular flexibility index (Phi) is 4.59. The molecule has 2 atom stereocenters. The van der Waals surface area contributed by atoms with Gasteiger partial charge in [0.25, 0.3) is 0 Å². The van der Waals surface area contributed by atoms with Crippen LogP contribution in [0.3, 0.4) is 0 Å². The van der Waals surface area contributed by atoms with E-state index in [0.29, 0.717) is 0 Å². The summed E-state index contributed by atoms with van der Waals surface area (Å²) < 4.78 is 59.0. The van der Waals surface area contributed by atoms with Gasteiger partial charge in [0.15, 0.2) is 15.8 Å². The molecule has 0 spiro atoms. The van der Waals surface area contributed by atoms with Crippen molar-refractivity contribution in [3.8, 4) is 6.07 Å². The van der Waals surface area contributed by atoms with E-state index in [2.05, 4.69) is 0 Å². The smallest absolute Gasteiger partial charge is 0.229 e. The first kappa shape index (κ1) is 14.2. The van der Waals surface area contributed by atoms with Crippen molar-refractivity contribution in [2.45, 2.75) is 31.7 Å². The Balaban J connectivity index is 4.81. The first-order chi connectivity index (χ1) is 6.65. The van der Waals surface area contributed by atoms with Crippen molar-refractivity contribution in [3.63, 3.8) is 0 Å². The largest absolute Gasteiger partial charge is 0.405 e. The number of sulfone groups is 1. The molecule has 0 aromatic rings. The lowest BCUT2D eigenvalue weighted by Crippen LogP contribution is -2.32. The predicted molar refractivity (Wildman–Crippen MR) is 48.7 cm³/mol. The molecule has 0 bridgehead atoms. The average molecular weight is 243 g/mol. The Labute approximate surface area is 86.8 Å². The zero-order valence-corrected chi connectivity index (χ0v) is 9.19. The molecule has 0 aromatic carbocycles. The molecule has 7 heteroatoms. The normalized spacial score (nSPS) is 16.8. The second-order valence-electron chi connectivity index (χ2n) is 3.27. The van der Waals surface area contributed by atoms with Gasteiger partial charge in [-0.15, -0.1) is 0 Å². The second-order valence-corrected chi connectivity index (χ2v) is 5.74. The standard InChI is InChI=1S/C8H12F3NO2S/c1-3-6(2)15(13,14)5-7(4-12)8(9,10)11/h6-7H,3,5H2,1-2H3. The molecule has 0 aliphatic rings. The van der Waals surface area contributed by atoms with Crippen molar-refractivity contribution in [2.75, 3.05) is 5.75 Å². The molecule has 0 aliphatic carbocycles. The minimum absolute atomic E-state index is 0.234. The van der Waals surface area contributed by atoms with Crippen LogP contribution in [-0.2, 0) is 9.84 Å². The maximum absolute atomic E-state index is 12.1. The highest BCUT2D eigenvalue weighted by atomic mass is 32.2. The van der Waals surface area contributed by atoms with Crippen molar-refractivity contribution < 1.29 is 21.6 Å². The SMILES string of the molecule is CCC(C)S(=O)(=O)CC(C#N)C(F)(F)F. The summed E-state index contributed by atoms with van der Waals surface area (Å²) in [7, 11) is -3.85. The Morgan fingerprint density at radius 1 is 1.40 bits per heavy atom. The van der Waals surface area contributed by atoms with Crippen LogP contribution in [0.2, 0.25) is 0 Å². The van der Waals surface area contributed by atoms with Gasteiger partial charge in [0.1, 0.15) is 0 Å². The van der Waals surface area contributed by atoms with E-state index < -0.39 is 32.9 Å². The number of rotatable bonds is 4. The van der Waals surface area contributed by atoms with Gasteiger partial charge in [-0.1, -0.05) is 6.92 Å². The van der Waals surface area contributed by atoms with E-state index in [1.165, 1.54) is 6.92 Å². The van der Waals surface area contributed by atoms with Crippen LogP contribution >= 0.6 is 0 Å². The van der Waals surface area contributed by atoms with Crippen LogP contribution in [0.1, 0.15) is 20.3 Å². The number of hydrogen-bond acceptors (Lipinski definition) is 3. The third kappa shape index (κ3) is 4.08. The summed E-state index contributed by atoms with van der Waals surface area (Å²) in [6, 6.07) is 0.973. The van der Waals surface area contributed by atoms with Crippen molar-refractivity contribution in [1.82, 2.24) is 0 Å². The summed E-state index contributed by atoms with van der Waals surface area (Å²) >= 11 is 0. The molecule has 3 nitrogen and oxygen atoms in total. The molecule has 0 saturated carbocycles. The minimum atomic E-state index is -4.78. The third-order valence-electron chi connectivity index (χ3n) is 2.14. The number of nitriles is 1. The van der Waals surface area contributed by atoms with Crippen LogP contribution in [0.5, 0.6) is 0 Å². The van der Waals surface area contributed by atoms with E-state index in [-0.39, 0.29) is 6.42 Å². The quantitative estimate of drug-likeness (QED) is 0.757. The second kappa shape index (κ2) is 4.84. The van der Waals surface area contributed by atoms with Gasteiger partial charge in [0.2, 0.25) is 0 Å². The fourth-order valence-electron chi connectivity index (χ4n) is 0.855. The monoisotopic (exact) mass is 243 g/mol. The molecule has 0 saturated heterocycles. The molecule has 0 heterocycles. The summed E-state index contributed by atoms with van der Waals surface area (Å²) in [5.41, 5.74) is 0. The molecule has 0 aromatic heterocycles. The van der Waals surface area contributed by atoms with Crippen LogP contribution in [0.4, 0.5) is 13.2 Å². The van der Waals surface area contributed by atoms with Crippen molar-refractivity contribution in [3.05, 3.63) is 0 Å². The zero-order chi connectivity index (χ0) is 12.3. The molecule has 0 rings (SSSR count). The summed E-state index contributed by atoms with van der Waals surface area (Å²) in [6.45, 7) is 2.90. The lowest BCUT2D eigenvalue weighted by Gasteiger charge is -2.16. The van der Waals surface area contributed by atoms with Crippen molar-refractivity contribution >= 4 is 9.84 Å². The Morgan fingerprint density at radius 2 is 1.87 bits per heavy atom. The zero-order valence-electron chi connectivity index (χ0n) is 8.37. The van der Waals surface area contributed by atoms with Gasteiger partial charge in [0.05, 0.1) is 17.1 Å². The fourth-order valence-corrected chi connectivity index (χ4v) is 2.42. The van der Waals surface area contributed by atoms with Gasteiger partial charge in [-0.2, -0.15) is 18.4 Å². The maximum Gasteiger partial charge on any atom is 0.405 e. The minimum Gasteiger partial charge on any atom is -0.229 e. The summed E-state index contributed by atoms with van der Waals surface area (Å²) in [4.78, 5) is 0. The predicted octanol–water partition coefficient (Wildman–Crippen LogP) is 1.90. The molecule has 2 unspecified atom stereocenters. The lowest BCUT2D eigenvalue weighted by molar-refractivity contribution is -0.153. The molecule has 15 heavy (non-hydrogen) atoms. The first-order valence-electron chi connectivity index (χ1n) is 4.33. The lowest BCUT2D eigenvalue weighted by atomic mass is 10.2. The van der Waals surface area contributed by atoms with Crippen LogP contribution in [0.15, 0.2) is 0 Å².